The summed E-state index contributed by atoms with van der Waals surface area (Å²) in [5.74, 6) is -0.154. The summed E-state index contributed by atoms with van der Waals surface area (Å²) in [6.45, 7) is 1.54. The minimum absolute atomic E-state index is 0.0603. The van der Waals surface area contributed by atoms with Crippen LogP contribution < -0.4 is 10.2 Å². The summed E-state index contributed by atoms with van der Waals surface area (Å²) in [4.78, 5) is 26.5. The second-order valence-corrected chi connectivity index (χ2v) is 6.16. The Hall–Kier alpha value is -3.52. The lowest BCUT2D eigenvalue weighted by Gasteiger charge is -2.12. The molecule has 0 unspecified atom stereocenters. The molecule has 1 atom stereocenters. The van der Waals surface area contributed by atoms with Crippen molar-refractivity contribution in [3.63, 3.8) is 0 Å². The van der Waals surface area contributed by atoms with Gasteiger partial charge in [-0.3, -0.25) is 14.9 Å². The number of nitro benzene ring substituents is 1. The summed E-state index contributed by atoms with van der Waals surface area (Å²) in [6.07, 6.45) is 0.543. The number of para-hydroxylation sites is 1. The van der Waals surface area contributed by atoms with Crippen LogP contribution in [0.25, 0.3) is 10.9 Å². The van der Waals surface area contributed by atoms with Crippen molar-refractivity contribution in [2.75, 3.05) is 0 Å². The topological polar surface area (TPSA) is 107 Å². The monoisotopic (exact) mass is 398 g/mol. The van der Waals surface area contributed by atoms with Crippen LogP contribution in [0.5, 0.6) is 5.75 Å². The molecule has 0 radical (unpaired) electrons. The van der Waals surface area contributed by atoms with Crippen molar-refractivity contribution >= 4 is 40.3 Å². The number of pyridine rings is 1. The number of nitro groups is 1. The number of nitrogens with one attached hydrogen (secondary N) is 1. The van der Waals surface area contributed by atoms with Gasteiger partial charge in [-0.2, -0.15) is 5.10 Å². The molecule has 3 rings (SSSR count). The van der Waals surface area contributed by atoms with Crippen LogP contribution in [0.3, 0.4) is 0 Å². The molecule has 0 spiro atoms. The highest BCUT2D eigenvalue weighted by atomic mass is 35.5. The number of hydrogen-bond acceptors (Lipinski definition) is 6. The smallest absolute Gasteiger partial charge is 0.280 e. The Morgan fingerprint density at radius 2 is 2.00 bits per heavy atom. The van der Waals surface area contributed by atoms with Crippen LogP contribution in [0.2, 0.25) is 5.15 Å². The SMILES string of the molecule is C[C@H](Oc1ccc([N+](=O)[O-])cc1)C(=O)N/N=C\c1cc2ccccc2nc1Cl. The predicted molar refractivity (Wildman–Crippen MR) is 106 cm³/mol. The quantitative estimate of drug-likeness (QED) is 0.295. The average molecular weight is 399 g/mol. The molecule has 3 aromatic rings. The molecule has 0 fully saturated rings. The van der Waals surface area contributed by atoms with E-state index in [0.29, 0.717) is 11.3 Å². The van der Waals surface area contributed by atoms with Crippen molar-refractivity contribution in [3.05, 3.63) is 75.4 Å². The third-order valence-corrected chi connectivity index (χ3v) is 4.12. The molecule has 9 heteroatoms. The van der Waals surface area contributed by atoms with Crippen LogP contribution >= 0.6 is 11.6 Å². The number of aromatic nitrogens is 1. The van der Waals surface area contributed by atoms with Gasteiger partial charge < -0.3 is 4.74 Å². The zero-order valence-corrected chi connectivity index (χ0v) is 15.5. The van der Waals surface area contributed by atoms with Gasteiger partial charge in [0.25, 0.3) is 11.6 Å². The predicted octanol–water partition coefficient (Wildman–Crippen LogP) is 3.71. The number of amides is 1. The van der Waals surface area contributed by atoms with E-state index in [1.165, 1.54) is 37.4 Å². The van der Waals surface area contributed by atoms with Crippen molar-refractivity contribution in [1.29, 1.82) is 0 Å². The van der Waals surface area contributed by atoms with Gasteiger partial charge in [0.2, 0.25) is 0 Å². The lowest BCUT2D eigenvalue weighted by atomic mass is 10.2. The second-order valence-electron chi connectivity index (χ2n) is 5.81. The molecule has 142 valence electrons. The van der Waals surface area contributed by atoms with E-state index in [2.05, 4.69) is 15.5 Å². The number of nitrogens with zero attached hydrogens (tertiary/aromatic N) is 3. The van der Waals surface area contributed by atoms with E-state index in [1.54, 1.807) is 0 Å². The Morgan fingerprint density at radius 3 is 2.71 bits per heavy atom. The van der Waals surface area contributed by atoms with Gasteiger partial charge in [0.1, 0.15) is 10.9 Å². The number of non-ortho nitro benzene ring substituents is 1. The van der Waals surface area contributed by atoms with Gasteiger partial charge in [0, 0.05) is 23.1 Å². The molecular formula is C19H15ClN4O4. The van der Waals surface area contributed by atoms with E-state index >= 15 is 0 Å². The standard InChI is InChI=1S/C19H15ClN4O4/c1-12(28-16-8-6-15(7-9-16)24(26)27)19(25)23-21-11-14-10-13-4-2-3-5-17(13)22-18(14)20/h2-12H,1H3,(H,23,25)/b21-11-/t12-/m0/s1. The van der Waals surface area contributed by atoms with Gasteiger partial charge in [0.15, 0.2) is 6.10 Å². The van der Waals surface area contributed by atoms with Crippen LogP contribution in [-0.4, -0.2) is 28.1 Å². The van der Waals surface area contributed by atoms with Gasteiger partial charge in [0.05, 0.1) is 16.7 Å². The Kier molecular flexibility index (Phi) is 5.81. The van der Waals surface area contributed by atoms with Gasteiger partial charge >= 0.3 is 0 Å². The molecule has 1 aromatic heterocycles. The first-order valence-electron chi connectivity index (χ1n) is 8.23. The molecule has 8 nitrogen and oxygen atoms in total. The van der Waals surface area contributed by atoms with E-state index in [1.807, 2.05) is 30.3 Å². The number of halogens is 1. The van der Waals surface area contributed by atoms with Crippen LogP contribution in [-0.2, 0) is 4.79 Å². The molecule has 0 saturated carbocycles. The summed E-state index contributed by atoms with van der Waals surface area (Å²) in [7, 11) is 0. The maximum atomic E-state index is 12.1. The van der Waals surface area contributed by atoms with Gasteiger partial charge in [-0.05, 0) is 31.2 Å². The first-order chi connectivity index (χ1) is 13.4. The molecular weight excluding hydrogens is 384 g/mol. The number of ether oxygens (including phenoxy) is 1. The van der Waals surface area contributed by atoms with E-state index < -0.39 is 16.9 Å². The molecule has 1 N–H and O–H groups in total. The number of benzene rings is 2. The third-order valence-electron chi connectivity index (χ3n) is 3.81. The Morgan fingerprint density at radius 1 is 1.29 bits per heavy atom. The zero-order valence-electron chi connectivity index (χ0n) is 14.7. The zero-order chi connectivity index (χ0) is 20.1. The Labute approximate surface area is 164 Å². The van der Waals surface area contributed by atoms with Crippen LogP contribution in [0.1, 0.15) is 12.5 Å². The second kappa shape index (κ2) is 8.45. The molecule has 0 aliphatic rings. The lowest BCUT2D eigenvalue weighted by molar-refractivity contribution is -0.384. The van der Waals surface area contributed by atoms with Crippen molar-refractivity contribution in [3.8, 4) is 5.75 Å². The molecule has 0 saturated heterocycles. The Balaban J connectivity index is 1.61. The van der Waals surface area contributed by atoms with E-state index in [0.717, 1.165) is 10.9 Å². The van der Waals surface area contributed by atoms with Crippen LogP contribution in [0, 0.1) is 10.1 Å². The van der Waals surface area contributed by atoms with Crippen molar-refractivity contribution in [2.24, 2.45) is 5.10 Å². The first-order valence-corrected chi connectivity index (χ1v) is 8.61. The summed E-state index contributed by atoms with van der Waals surface area (Å²) in [6, 6.07) is 14.8. The fourth-order valence-corrected chi connectivity index (χ4v) is 2.55. The fraction of sp³-hybridized carbons (Fsp3) is 0.105. The minimum atomic E-state index is -0.858. The summed E-state index contributed by atoms with van der Waals surface area (Å²) in [5.41, 5.74) is 3.63. The molecule has 0 aliphatic carbocycles. The highest BCUT2D eigenvalue weighted by molar-refractivity contribution is 6.32. The molecule has 1 heterocycles. The minimum Gasteiger partial charge on any atom is -0.481 e. The number of hydrogen-bond donors (Lipinski definition) is 1. The normalized spacial score (nSPS) is 12.1. The number of carbonyl (C=O) groups is 1. The molecule has 0 aliphatic heterocycles. The van der Waals surface area contributed by atoms with E-state index in [9.17, 15) is 14.9 Å². The van der Waals surface area contributed by atoms with Crippen molar-refractivity contribution < 1.29 is 14.5 Å². The summed E-state index contributed by atoms with van der Waals surface area (Å²) >= 11 is 6.14. The summed E-state index contributed by atoms with van der Waals surface area (Å²) < 4.78 is 5.45. The summed E-state index contributed by atoms with van der Waals surface area (Å²) in [5, 5.41) is 15.7. The Bertz CT molecular complexity index is 1050. The highest BCUT2D eigenvalue weighted by Gasteiger charge is 2.15. The fourth-order valence-electron chi connectivity index (χ4n) is 2.36. The third kappa shape index (κ3) is 4.60. The van der Waals surface area contributed by atoms with Crippen LogP contribution in [0.4, 0.5) is 5.69 Å². The number of fused-ring (bicyclic) bond motifs is 1. The maximum Gasteiger partial charge on any atom is 0.280 e. The average Bonchev–Trinajstić information content (AvgIpc) is 2.68. The lowest BCUT2D eigenvalue weighted by Crippen LogP contribution is -2.33. The first kappa shape index (κ1) is 19.2. The van der Waals surface area contributed by atoms with E-state index in [-0.39, 0.29) is 10.8 Å². The van der Waals surface area contributed by atoms with Crippen molar-refractivity contribution in [1.82, 2.24) is 10.4 Å². The molecule has 2 aromatic carbocycles. The number of carbonyl (C=O) groups excluding carboxylic acids is 1. The maximum absolute atomic E-state index is 12.1. The van der Waals surface area contributed by atoms with Gasteiger partial charge in [-0.25, -0.2) is 10.4 Å². The highest BCUT2D eigenvalue weighted by Crippen LogP contribution is 2.19. The van der Waals surface area contributed by atoms with Crippen LogP contribution in [0.15, 0.2) is 59.7 Å². The van der Waals surface area contributed by atoms with E-state index in [4.69, 9.17) is 16.3 Å². The van der Waals surface area contributed by atoms with Crippen molar-refractivity contribution in [2.45, 2.75) is 13.0 Å². The molecule has 28 heavy (non-hydrogen) atoms. The number of rotatable bonds is 6. The molecule has 1 amide bonds. The number of hydrazone groups is 1. The van der Waals surface area contributed by atoms with Gasteiger partial charge in [-0.15, -0.1) is 0 Å². The molecule has 0 bridgehead atoms. The van der Waals surface area contributed by atoms with Gasteiger partial charge in [-0.1, -0.05) is 29.8 Å². The largest absolute Gasteiger partial charge is 0.481 e.